The first kappa shape index (κ1) is 12.6. The molecule has 7 heteroatoms. The minimum Gasteiger partial charge on any atom is -0.354 e. The minimum absolute atomic E-state index is 0.128. The van der Waals surface area contributed by atoms with Crippen LogP contribution < -0.4 is 5.32 Å². The number of aromatic nitrogens is 2. The Balaban J connectivity index is 1.92. The van der Waals surface area contributed by atoms with Crippen molar-refractivity contribution in [1.82, 2.24) is 9.97 Å². The molecular formula is C10H14ClN3O2S. The van der Waals surface area contributed by atoms with Crippen molar-refractivity contribution in [2.75, 3.05) is 23.9 Å². The van der Waals surface area contributed by atoms with E-state index in [1.54, 1.807) is 0 Å². The number of nitrogens with one attached hydrogen (secondary N) is 1. The van der Waals surface area contributed by atoms with Crippen LogP contribution in [0.3, 0.4) is 0 Å². The van der Waals surface area contributed by atoms with E-state index in [0.29, 0.717) is 17.5 Å². The molecule has 1 saturated carbocycles. The highest BCUT2D eigenvalue weighted by Crippen LogP contribution is 2.46. The van der Waals surface area contributed by atoms with E-state index in [1.807, 2.05) is 0 Å². The fourth-order valence-electron chi connectivity index (χ4n) is 1.78. The van der Waals surface area contributed by atoms with E-state index in [9.17, 15) is 8.42 Å². The van der Waals surface area contributed by atoms with Crippen molar-refractivity contribution in [2.24, 2.45) is 5.41 Å². The largest absolute Gasteiger partial charge is 0.354 e. The molecule has 0 amide bonds. The molecule has 1 N–H and O–H groups in total. The molecule has 0 aromatic carbocycles. The van der Waals surface area contributed by atoms with E-state index in [2.05, 4.69) is 15.3 Å². The third kappa shape index (κ3) is 3.81. The lowest BCUT2D eigenvalue weighted by Gasteiger charge is -2.14. The van der Waals surface area contributed by atoms with Gasteiger partial charge in [-0.1, -0.05) is 11.6 Å². The number of anilines is 1. The summed E-state index contributed by atoms with van der Waals surface area (Å²) in [7, 11) is -2.93. The predicted octanol–water partition coefficient (Wildman–Crippen LogP) is 1.37. The Hall–Kier alpha value is -0.880. The first-order valence-corrected chi connectivity index (χ1v) is 7.72. The molecule has 1 aliphatic carbocycles. The molecule has 1 heterocycles. The molecule has 17 heavy (non-hydrogen) atoms. The number of halogens is 1. The molecule has 1 aliphatic rings. The molecule has 1 aromatic rings. The normalized spacial score (nSPS) is 17.8. The molecule has 0 spiro atoms. The first-order valence-electron chi connectivity index (χ1n) is 5.28. The maximum atomic E-state index is 11.3. The van der Waals surface area contributed by atoms with Gasteiger partial charge >= 0.3 is 0 Å². The lowest BCUT2D eigenvalue weighted by Crippen LogP contribution is -2.24. The molecule has 0 bridgehead atoms. The summed E-state index contributed by atoms with van der Waals surface area (Å²) in [5.41, 5.74) is -0.128. The molecule has 0 atom stereocenters. The Bertz CT molecular complexity index is 497. The zero-order valence-corrected chi connectivity index (χ0v) is 11.1. The molecule has 1 fully saturated rings. The monoisotopic (exact) mass is 275 g/mol. The first-order chi connectivity index (χ1) is 7.89. The highest BCUT2D eigenvalue weighted by molar-refractivity contribution is 7.90. The molecule has 0 radical (unpaired) electrons. The van der Waals surface area contributed by atoms with Crippen LogP contribution in [0.1, 0.15) is 12.8 Å². The average Bonchev–Trinajstić information content (AvgIpc) is 2.95. The van der Waals surface area contributed by atoms with Crippen LogP contribution in [0.4, 0.5) is 5.95 Å². The summed E-state index contributed by atoms with van der Waals surface area (Å²) in [6.45, 7) is 0.585. The van der Waals surface area contributed by atoms with Gasteiger partial charge in [0.15, 0.2) is 0 Å². The summed E-state index contributed by atoms with van der Waals surface area (Å²) in [6, 6.07) is 0. The third-order valence-corrected chi connectivity index (χ3v) is 4.10. The van der Waals surface area contributed by atoms with Gasteiger partial charge in [-0.05, 0) is 12.8 Å². The Morgan fingerprint density at radius 2 is 2.00 bits per heavy atom. The van der Waals surface area contributed by atoms with Crippen LogP contribution >= 0.6 is 11.6 Å². The van der Waals surface area contributed by atoms with Crippen LogP contribution in [-0.2, 0) is 9.84 Å². The van der Waals surface area contributed by atoms with Gasteiger partial charge in [-0.25, -0.2) is 18.4 Å². The summed E-state index contributed by atoms with van der Waals surface area (Å²) in [5.74, 6) is 0.704. The average molecular weight is 276 g/mol. The summed E-state index contributed by atoms with van der Waals surface area (Å²) >= 11 is 5.67. The highest BCUT2D eigenvalue weighted by Gasteiger charge is 2.45. The molecule has 0 saturated heterocycles. The van der Waals surface area contributed by atoms with Crippen molar-refractivity contribution in [2.45, 2.75) is 12.8 Å². The molecule has 0 aliphatic heterocycles. The summed E-state index contributed by atoms with van der Waals surface area (Å²) in [4.78, 5) is 8.00. The van der Waals surface area contributed by atoms with E-state index in [-0.39, 0.29) is 11.2 Å². The molecular weight excluding hydrogens is 262 g/mol. The molecule has 0 unspecified atom stereocenters. The molecule has 94 valence electrons. The van der Waals surface area contributed by atoms with Crippen LogP contribution in [-0.4, -0.2) is 36.9 Å². The summed E-state index contributed by atoms with van der Waals surface area (Å²) in [5, 5.41) is 3.53. The number of hydrogen-bond acceptors (Lipinski definition) is 5. The fourth-order valence-corrected chi connectivity index (χ4v) is 3.38. The van der Waals surface area contributed by atoms with Gasteiger partial charge in [0.2, 0.25) is 5.95 Å². The van der Waals surface area contributed by atoms with E-state index >= 15 is 0 Å². The van der Waals surface area contributed by atoms with Crippen molar-refractivity contribution in [3.63, 3.8) is 0 Å². The number of nitrogens with zero attached hydrogens (tertiary/aromatic N) is 2. The van der Waals surface area contributed by atoms with Crippen LogP contribution in [0.2, 0.25) is 5.02 Å². The number of sulfone groups is 1. The Morgan fingerprint density at radius 1 is 1.41 bits per heavy atom. The summed E-state index contributed by atoms with van der Waals surface area (Å²) < 4.78 is 22.5. The predicted molar refractivity (Wildman–Crippen MR) is 66.9 cm³/mol. The quantitative estimate of drug-likeness (QED) is 0.879. The Labute approximate surface area is 106 Å². The van der Waals surface area contributed by atoms with Gasteiger partial charge in [-0.2, -0.15) is 0 Å². The minimum atomic E-state index is -2.93. The zero-order valence-electron chi connectivity index (χ0n) is 9.48. The second-order valence-corrected chi connectivity index (χ2v) is 7.23. The SMILES string of the molecule is CS(=O)(=O)CC1(CNc2ncc(Cl)cn2)CC1. The molecule has 5 nitrogen and oxygen atoms in total. The second-order valence-electron chi connectivity index (χ2n) is 4.65. The van der Waals surface area contributed by atoms with Gasteiger partial charge in [0.05, 0.1) is 23.2 Å². The van der Waals surface area contributed by atoms with Gasteiger partial charge < -0.3 is 5.32 Å². The van der Waals surface area contributed by atoms with Crippen LogP contribution in [0.5, 0.6) is 0 Å². The maximum absolute atomic E-state index is 11.3. The van der Waals surface area contributed by atoms with Crippen molar-refractivity contribution < 1.29 is 8.42 Å². The van der Waals surface area contributed by atoms with Crippen molar-refractivity contribution in [3.05, 3.63) is 17.4 Å². The van der Waals surface area contributed by atoms with Gasteiger partial charge in [0.25, 0.3) is 0 Å². The molecule has 2 rings (SSSR count). The lowest BCUT2D eigenvalue weighted by molar-refractivity contribution is 0.560. The van der Waals surface area contributed by atoms with E-state index < -0.39 is 9.84 Å². The second kappa shape index (κ2) is 4.42. The fraction of sp³-hybridized carbons (Fsp3) is 0.600. The van der Waals surface area contributed by atoms with Gasteiger partial charge in [0, 0.05) is 18.2 Å². The lowest BCUT2D eigenvalue weighted by atomic mass is 10.1. The highest BCUT2D eigenvalue weighted by atomic mass is 35.5. The van der Waals surface area contributed by atoms with Crippen molar-refractivity contribution in [3.8, 4) is 0 Å². The van der Waals surface area contributed by atoms with Crippen LogP contribution in [0.15, 0.2) is 12.4 Å². The van der Waals surface area contributed by atoms with Crippen molar-refractivity contribution in [1.29, 1.82) is 0 Å². The smallest absolute Gasteiger partial charge is 0.222 e. The van der Waals surface area contributed by atoms with Crippen LogP contribution in [0.25, 0.3) is 0 Å². The number of rotatable bonds is 5. The Kier molecular flexibility index (Phi) is 3.27. The van der Waals surface area contributed by atoms with Crippen molar-refractivity contribution >= 4 is 27.4 Å². The van der Waals surface area contributed by atoms with E-state index in [4.69, 9.17) is 11.6 Å². The topological polar surface area (TPSA) is 72.0 Å². The zero-order chi connectivity index (χ0) is 12.5. The van der Waals surface area contributed by atoms with Gasteiger partial charge in [-0.3, -0.25) is 0 Å². The van der Waals surface area contributed by atoms with E-state index in [0.717, 1.165) is 12.8 Å². The summed E-state index contributed by atoms with van der Waals surface area (Å²) in [6.07, 6.45) is 6.15. The standard InChI is InChI=1S/C10H14ClN3O2S/c1-17(15,16)7-10(2-3-10)6-14-9-12-4-8(11)5-13-9/h4-5H,2-3,6-7H2,1H3,(H,12,13,14). The van der Waals surface area contributed by atoms with E-state index in [1.165, 1.54) is 18.6 Å². The van der Waals surface area contributed by atoms with Gasteiger partial charge in [-0.15, -0.1) is 0 Å². The van der Waals surface area contributed by atoms with Gasteiger partial charge in [0.1, 0.15) is 9.84 Å². The Morgan fingerprint density at radius 3 is 2.47 bits per heavy atom. The third-order valence-electron chi connectivity index (χ3n) is 2.77. The van der Waals surface area contributed by atoms with Crippen LogP contribution in [0, 0.1) is 5.41 Å². The maximum Gasteiger partial charge on any atom is 0.222 e. The molecule has 1 aromatic heterocycles. The number of hydrogen-bond donors (Lipinski definition) is 1.